The molecular weight excluding hydrogens is 232 g/mol. The van der Waals surface area contributed by atoms with Gasteiger partial charge in [-0.05, 0) is 44.3 Å². The van der Waals surface area contributed by atoms with E-state index in [2.05, 4.69) is 40.5 Å². The van der Waals surface area contributed by atoms with Gasteiger partial charge in [0.05, 0.1) is 0 Å². The van der Waals surface area contributed by atoms with Crippen molar-refractivity contribution in [2.75, 3.05) is 19.6 Å². The number of rotatable bonds is 2. The molecule has 1 aromatic rings. The number of benzene rings is 1. The minimum absolute atomic E-state index is 0.435. The molecule has 1 aromatic carbocycles. The van der Waals surface area contributed by atoms with E-state index in [1.807, 2.05) is 0 Å². The highest BCUT2D eigenvalue weighted by Gasteiger charge is 2.38. The second kappa shape index (κ2) is 6.06. The predicted molar refractivity (Wildman–Crippen MR) is 80.2 cm³/mol. The first-order valence-corrected chi connectivity index (χ1v) is 7.89. The summed E-state index contributed by atoms with van der Waals surface area (Å²) in [5, 5.41) is 3.65. The Morgan fingerprint density at radius 1 is 1.00 bits per heavy atom. The van der Waals surface area contributed by atoms with Crippen LogP contribution >= 0.6 is 0 Å². The van der Waals surface area contributed by atoms with E-state index in [1.54, 1.807) is 0 Å². The Kier molecular flexibility index (Phi) is 4.19. The number of nitrogens with zero attached hydrogens (tertiary/aromatic N) is 1. The van der Waals surface area contributed by atoms with Crippen LogP contribution in [0.2, 0.25) is 0 Å². The van der Waals surface area contributed by atoms with Crippen LogP contribution < -0.4 is 5.32 Å². The van der Waals surface area contributed by atoms with Gasteiger partial charge in [0.25, 0.3) is 0 Å². The molecule has 2 heterocycles. The van der Waals surface area contributed by atoms with E-state index in [-0.39, 0.29) is 0 Å². The molecule has 0 aliphatic carbocycles. The number of piperidine rings is 1. The Balaban J connectivity index is 1.78. The van der Waals surface area contributed by atoms with Gasteiger partial charge in [0.15, 0.2) is 0 Å². The molecule has 1 atom stereocenters. The van der Waals surface area contributed by atoms with Crippen molar-refractivity contribution in [1.82, 2.24) is 10.2 Å². The van der Waals surface area contributed by atoms with Gasteiger partial charge in [0.2, 0.25) is 0 Å². The maximum Gasteiger partial charge on any atom is 0.0337 e. The molecule has 0 saturated carbocycles. The lowest BCUT2D eigenvalue weighted by Crippen LogP contribution is -2.57. The molecule has 1 spiro atoms. The molecule has 2 nitrogen and oxygen atoms in total. The second-order valence-corrected chi connectivity index (χ2v) is 6.22. The largest absolute Gasteiger partial charge is 0.315 e. The molecule has 2 heteroatoms. The van der Waals surface area contributed by atoms with E-state index in [4.69, 9.17) is 0 Å². The van der Waals surface area contributed by atoms with E-state index in [9.17, 15) is 0 Å². The lowest BCUT2D eigenvalue weighted by Gasteiger charge is -2.46. The third-order valence-corrected chi connectivity index (χ3v) is 4.91. The Bertz CT molecular complexity index is 382. The summed E-state index contributed by atoms with van der Waals surface area (Å²) in [6, 6.07) is 11.0. The molecule has 1 N–H and O–H groups in total. The summed E-state index contributed by atoms with van der Waals surface area (Å²) in [7, 11) is 0. The van der Waals surface area contributed by atoms with Gasteiger partial charge in [-0.2, -0.15) is 0 Å². The fourth-order valence-electron chi connectivity index (χ4n) is 3.81. The monoisotopic (exact) mass is 258 g/mol. The van der Waals surface area contributed by atoms with Crippen molar-refractivity contribution in [2.45, 2.75) is 50.6 Å². The highest BCUT2D eigenvalue weighted by molar-refractivity contribution is 5.15. The van der Waals surface area contributed by atoms with Crippen LogP contribution in [0.1, 0.15) is 44.1 Å². The van der Waals surface area contributed by atoms with E-state index in [1.165, 1.54) is 63.7 Å². The van der Waals surface area contributed by atoms with Crippen LogP contribution in [0.3, 0.4) is 0 Å². The SMILES string of the molecule is c1ccc(CN2CCCCCC23CCCNC3)cc1. The Morgan fingerprint density at radius 3 is 2.63 bits per heavy atom. The molecule has 19 heavy (non-hydrogen) atoms. The highest BCUT2D eigenvalue weighted by atomic mass is 15.2. The molecule has 0 amide bonds. The topological polar surface area (TPSA) is 15.3 Å². The molecule has 104 valence electrons. The third-order valence-electron chi connectivity index (χ3n) is 4.91. The normalized spacial score (nSPS) is 29.3. The maximum absolute atomic E-state index is 3.65. The summed E-state index contributed by atoms with van der Waals surface area (Å²) in [5.41, 5.74) is 1.90. The van der Waals surface area contributed by atoms with Gasteiger partial charge >= 0.3 is 0 Å². The first kappa shape index (κ1) is 13.1. The Morgan fingerprint density at radius 2 is 1.84 bits per heavy atom. The summed E-state index contributed by atoms with van der Waals surface area (Å²) in [6.45, 7) is 4.81. The van der Waals surface area contributed by atoms with Gasteiger partial charge in [-0.15, -0.1) is 0 Å². The molecule has 2 fully saturated rings. The van der Waals surface area contributed by atoms with Crippen LogP contribution in [0.4, 0.5) is 0 Å². The average Bonchev–Trinajstić information content (AvgIpc) is 2.65. The van der Waals surface area contributed by atoms with Crippen molar-refractivity contribution in [1.29, 1.82) is 0 Å². The molecule has 1 unspecified atom stereocenters. The van der Waals surface area contributed by atoms with Gasteiger partial charge in [-0.25, -0.2) is 0 Å². The second-order valence-electron chi connectivity index (χ2n) is 6.22. The lowest BCUT2D eigenvalue weighted by atomic mass is 9.84. The average molecular weight is 258 g/mol. The summed E-state index contributed by atoms with van der Waals surface area (Å²) < 4.78 is 0. The Hall–Kier alpha value is -0.860. The van der Waals surface area contributed by atoms with Crippen LogP contribution in [-0.4, -0.2) is 30.1 Å². The minimum Gasteiger partial charge on any atom is -0.315 e. The van der Waals surface area contributed by atoms with Crippen molar-refractivity contribution in [3.63, 3.8) is 0 Å². The van der Waals surface area contributed by atoms with Crippen molar-refractivity contribution >= 4 is 0 Å². The fourth-order valence-corrected chi connectivity index (χ4v) is 3.81. The van der Waals surface area contributed by atoms with Gasteiger partial charge in [0, 0.05) is 18.6 Å². The zero-order valence-corrected chi connectivity index (χ0v) is 11.9. The smallest absolute Gasteiger partial charge is 0.0337 e. The maximum atomic E-state index is 3.65. The van der Waals surface area contributed by atoms with Crippen LogP contribution in [0.25, 0.3) is 0 Å². The first-order chi connectivity index (χ1) is 9.39. The molecule has 2 saturated heterocycles. The standard InChI is InChI=1S/C17H26N2/c1-3-8-16(9-4-1)14-19-13-6-2-5-10-17(19)11-7-12-18-15-17/h1,3-4,8-9,18H,2,5-7,10-15H2. The van der Waals surface area contributed by atoms with E-state index < -0.39 is 0 Å². The molecule has 3 rings (SSSR count). The number of likely N-dealkylation sites (tertiary alicyclic amines) is 1. The summed E-state index contributed by atoms with van der Waals surface area (Å²) in [6.07, 6.45) is 8.29. The fraction of sp³-hybridized carbons (Fsp3) is 0.647. The molecule has 0 bridgehead atoms. The van der Waals surface area contributed by atoms with Crippen molar-refractivity contribution in [3.05, 3.63) is 35.9 Å². The van der Waals surface area contributed by atoms with Crippen LogP contribution in [0, 0.1) is 0 Å². The summed E-state index contributed by atoms with van der Waals surface area (Å²) in [5.74, 6) is 0. The van der Waals surface area contributed by atoms with Gasteiger partial charge in [-0.1, -0.05) is 43.2 Å². The van der Waals surface area contributed by atoms with Gasteiger partial charge < -0.3 is 5.32 Å². The quantitative estimate of drug-likeness (QED) is 0.876. The molecule has 2 aliphatic heterocycles. The van der Waals surface area contributed by atoms with Crippen molar-refractivity contribution in [2.24, 2.45) is 0 Å². The van der Waals surface area contributed by atoms with E-state index in [0.717, 1.165) is 6.54 Å². The van der Waals surface area contributed by atoms with Crippen LogP contribution in [0.15, 0.2) is 30.3 Å². The molecule has 0 aromatic heterocycles. The molecule has 0 radical (unpaired) electrons. The Labute approximate surface area is 117 Å². The zero-order valence-electron chi connectivity index (χ0n) is 11.9. The number of hydrogen-bond acceptors (Lipinski definition) is 2. The van der Waals surface area contributed by atoms with Gasteiger partial charge in [0.1, 0.15) is 0 Å². The third kappa shape index (κ3) is 3.01. The zero-order chi connectivity index (χ0) is 13.0. The highest BCUT2D eigenvalue weighted by Crippen LogP contribution is 2.34. The van der Waals surface area contributed by atoms with Crippen LogP contribution in [-0.2, 0) is 6.54 Å². The minimum atomic E-state index is 0.435. The van der Waals surface area contributed by atoms with Gasteiger partial charge in [-0.3, -0.25) is 4.90 Å². The van der Waals surface area contributed by atoms with E-state index >= 15 is 0 Å². The number of nitrogens with one attached hydrogen (secondary N) is 1. The predicted octanol–water partition coefficient (Wildman–Crippen LogP) is 3.18. The van der Waals surface area contributed by atoms with Crippen molar-refractivity contribution in [3.8, 4) is 0 Å². The number of hydrogen-bond donors (Lipinski definition) is 1. The van der Waals surface area contributed by atoms with Crippen LogP contribution in [0.5, 0.6) is 0 Å². The van der Waals surface area contributed by atoms with Crippen molar-refractivity contribution < 1.29 is 0 Å². The lowest BCUT2D eigenvalue weighted by molar-refractivity contribution is 0.0550. The summed E-state index contributed by atoms with van der Waals surface area (Å²) in [4.78, 5) is 2.78. The molecule has 2 aliphatic rings. The first-order valence-electron chi connectivity index (χ1n) is 7.89. The molecular formula is C17H26N2. The summed E-state index contributed by atoms with van der Waals surface area (Å²) >= 11 is 0. The van der Waals surface area contributed by atoms with E-state index in [0.29, 0.717) is 5.54 Å².